The Labute approximate surface area is 152 Å². The molecule has 4 nitrogen and oxygen atoms in total. The number of fused-ring (bicyclic) bond motifs is 1. The van der Waals surface area contributed by atoms with Crippen molar-refractivity contribution < 1.29 is 14.2 Å². The minimum atomic E-state index is 0.234. The predicted molar refractivity (Wildman–Crippen MR) is 100 cm³/mol. The van der Waals surface area contributed by atoms with Gasteiger partial charge < -0.3 is 14.2 Å². The van der Waals surface area contributed by atoms with Crippen LogP contribution in [0.25, 0.3) is 0 Å². The maximum absolute atomic E-state index is 5.85. The average molecular weight is 355 g/mol. The van der Waals surface area contributed by atoms with E-state index >= 15 is 0 Å². The molecule has 25 heavy (non-hydrogen) atoms. The molecule has 0 saturated heterocycles. The Morgan fingerprint density at radius 3 is 2.96 bits per heavy atom. The topological polar surface area (TPSA) is 30.9 Å². The molecule has 5 heteroatoms. The molecule has 0 radical (unpaired) electrons. The molecule has 2 aliphatic heterocycles. The fourth-order valence-electron chi connectivity index (χ4n) is 3.15. The van der Waals surface area contributed by atoms with Crippen molar-refractivity contribution in [2.75, 3.05) is 19.9 Å². The monoisotopic (exact) mass is 355 g/mol. The van der Waals surface area contributed by atoms with Crippen molar-refractivity contribution in [3.8, 4) is 17.2 Å². The molecule has 2 aliphatic rings. The third-order valence-electron chi connectivity index (χ3n) is 4.28. The number of hydrogen-bond donors (Lipinski definition) is 0. The van der Waals surface area contributed by atoms with Gasteiger partial charge in [0, 0.05) is 18.7 Å². The van der Waals surface area contributed by atoms with Crippen LogP contribution in [0.2, 0.25) is 0 Å². The van der Waals surface area contributed by atoms with E-state index in [0.717, 1.165) is 30.3 Å². The maximum atomic E-state index is 5.85. The smallest absolute Gasteiger partial charge is 0.231 e. The first-order valence-corrected chi connectivity index (χ1v) is 9.44. The van der Waals surface area contributed by atoms with Crippen LogP contribution < -0.4 is 14.2 Å². The van der Waals surface area contributed by atoms with E-state index < -0.39 is 0 Å². The summed E-state index contributed by atoms with van der Waals surface area (Å²) in [5.41, 5.74) is 2.44. The molecule has 4 rings (SSSR count). The molecule has 1 atom stereocenters. The van der Waals surface area contributed by atoms with Gasteiger partial charge in [-0.15, -0.1) is 11.8 Å². The fourth-order valence-corrected chi connectivity index (χ4v) is 4.17. The molecule has 2 aromatic carbocycles. The van der Waals surface area contributed by atoms with Gasteiger partial charge in [-0.25, -0.2) is 0 Å². The Bertz CT molecular complexity index is 777. The molecule has 130 valence electrons. The van der Waals surface area contributed by atoms with Gasteiger partial charge in [0.1, 0.15) is 5.75 Å². The number of benzene rings is 2. The highest BCUT2D eigenvalue weighted by Gasteiger charge is 2.25. The second-order valence-corrected chi connectivity index (χ2v) is 6.94. The van der Waals surface area contributed by atoms with Crippen molar-refractivity contribution in [3.63, 3.8) is 0 Å². The Morgan fingerprint density at radius 1 is 1.16 bits per heavy atom. The van der Waals surface area contributed by atoms with Gasteiger partial charge in [-0.2, -0.15) is 0 Å². The minimum absolute atomic E-state index is 0.234. The zero-order valence-electron chi connectivity index (χ0n) is 14.2. The molecule has 1 unspecified atom stereocenters. The first-order chi connectivity index (χ1) is 12.3. The van der Waals surface area contributed by atoms with Crippen molar-refractivity contribution in [1.82, 2.24) is 4.90 Å². The van der Waals surface area contributed by atoms with E-state index in [2.05, 4.69) is 46.7 Å². The SMILES string of the molecule is CCOc1ccccc1C1SC=CCN1Cc1ccc2c(c1)OCO2. The van der Waals surface area contributed by atoms with Crippen LogP contribution >= 0.6 is 11.8 Å². The maximum Gasteiger partial charge on any atom is 0.231 e. The number of ether oxygens (including phenoxy) is 3. The highest BCUT2D eigenvalue weighted by Crippen LogP contribution is 2.42. The van der Waals surface area contributed by atoms with Gasteiger partial charge in [-0.05, 0) is 36.1 Å². The molecular formula is C20H21NO3S. The Balaban J connectivity index is 1.59. The second-order valence-electron chi connectivity index (χ2n) is 5.95. The van der Waals surface area contributed by atoms with E-state index in [1.165, 1.54) is 11.1 Å². The van der Waals surface area contributed by atoms with Crippen LogP contribution in [0, 0.1) is 0 Å². The summed E-state index contributed by atoms with van der Waals surface area (Å²) in [6.45, 7) is 4.76. The van der Waals surface area contributed by atoms with Crippen LogP contribution in [-0.4, -0.2) is 24.8 Å². The fraction of sp³-hybridized carbons (Fsp3) is 0.300. The van der Waals surface area contributed by atoms with Crippen molar-refractivity contribution in [2.45, 2.75) is 18.8 Å². The molecular weight excluding hydrogens is 334 g/mol. The zero-order chi connectivity index (χ0) is 17.1. The van der Waals surface area contributed by atoms with Gasteiger partial charge in [-0.1, -0.05) is 30.3 Å². The normalized spacial score (nSPS) is 19.2. The summed E-state index contributed by atoms with van der Waals surface area (Å²) in [6, 6.07) is 14.5. The van der Waals surface area contributed by atoms with Gasteiger partial charge in [-0.3, -0.25) is 4.90 Å². The molecule has 0 bridgehead atoms. The van der Waals surface area contributed by atoms with Crippen LogP contribution in [0.1, 0.15) is 23.4 Å². The van der Waals surface area contributed by atoms with Gasteiger partial charge in [0.05, 0.1) is 12.0 Å². The molecule has 0 spiro atoms. The minimum Gasteiger partial charge on any atom is -0.494 e. The molecule has 0 aliphatic carbocycles. The van der Waals surface area contributed by atoms with E-state index in [9.17, 15) is 0 Å². The quantitative estimate of drug-likeness (QED) is 0.784. The molecule has 0 N–H and O–H groups in total. The highest BCUT2D eigenvalue weighted by molar-refractivity contribution is 8.02. The summed E-state index contributed by atoms with van der Waals surface area (Å²) in [4.78, 5) is 2.44. The van der Waals surface area contributed by atoms with Crippen LogP contribution in [0.15, 0.2) is 53.9 Å². The third kappa shape index (κ3) is 3.48. The first kappa shape index (κ1) is 16.4. The molecule has 2 heterocycles. The molecule has 0 saturated carbocycles. The van der Waals surface area contributed by atoms with E-state index in [0.29, 0.717) is 13.4 Å². The largest absolute Gasteiger partial charge is 0.494 e. The number of hydrogen-bond acceptors (Lipinski definition) is 5. The van der Waals surface area contributed by atoms with E-state index in [1.54, 1.807) is 0 Å². The lowest BCUT2D eigenvalue weighted by molar-refractivity contribution is 0.174. The number of rotatable bonds is 5. The molecule has 0 aromatic heterocycles. The number of nitrogens with zero attached hydrogens (tertiary/aromatic N) is 1. The van der Waals surface area contributed by atoms with Crippen LogP contribution in [-0.2, 0) is 6.54 Å². The highest BCUT2D eigenvalue weighted by atomic mass is 32.2. The average Bonchev–Trinajstić information content (AvgIpc) is 3.11. The van der Waals surface area contributed by atoms with Crippen LogP contribution in [0.3, 0.4) is 0 Å². The van der Waals surface area contributed by atoms with Gasteiger partial charge >= 0.3 is 0 Å². The van der Waals surface area contributed by atoms with E-state index in [-0.39, 0.29) is 5.37 Å². The van der Waals surface area contributed by atoms with Crippen molar-refractivity contribution in [1.29, 1.82) is 0 Å². The number of thioether (sulfide) groups is 1. The first-order valence-electron chi connectivity index (χ1n) is 8.50. The lowest BCUT2D eigenvalue weighted by Gasteiger charge is -2.33. The van der Waals surface area contributed by atoms with Gasteiger partial charge in [0.25, 0.3) is 0 Å². The Morgan fingerprint density at radius 2 is 2.04 bits per heavy atom. The lowest BCUT2D eigenvalue weighted by Crippen LogP contribution is -2.28. The van der Waals surface area contributed by atoms with Gasteiger partial charge in [0.2, 0.25) is 6.79 Å². The van der Waals surface area contributed by atoms with Gasteiger partial charge in [0.15, 0.2) is 11.5 Å². The van der Waals surface area contributed by atoms with E-state index in [1.807, 2.05) is 30.8 Å². The van der Waals surface area contributed by atoms with Crippen LogP contribution in [0.4, 0.5) is 0 Å². The molecule has 0 amide bonds. The van der Waals surface area contributed by atoms with Crippen molar-refractivity contribution in [2.24, 2.45) is 0 Å². The Kier molecular flexibility index (Phi) is 4.85. The van der Waals surface area contributed by atoms with Crippen molar-refractivity contribution in [3.05, 3.63) is 65.1 Å². The van der Waals surface area contributed by atoms with E-state index in [4.69, 9.17) is 14.2 Å². The van der Waals surface area contributed by atoms with Crippen molar-refractivity contribution >= 4 is 11.8 Å². The summed E-state index contributed by atoms with van der Waals surface area (Å²) >= 11 is 1.82. The molecule has 2 aromatic rings. The predicted octanol–water partition coefficient (Wildman–Crippen LogP) is 4.58. The Hall–Kier alpha value is -2.11. The standard InChI is InChI=1S/C20H21NO3S/c1-2-22-17-7-4-3-6-16(17)20-21(10-5-11-25-20)13-15-8-9-18-19(12-15)24-14-23-18/h3-9,11-12,20H,2,10,13-14H2,1H3. The zero-order valence-corrected chi connectivity index (χ0v) is 15.0. The number of para-hydroxylation sites is 1. The molecule has 0 fully saturated rings. The second kappa shape index (κ2) is 7.42. The summed E-state index contributed by atoms with van der Waals surface area (Å²) in [6.07, 6.45) is 2.21. The lowest BCUT2D eigenvalue weighted by atomic mass is 10.1. The summed E-state index contributed by atoms with van der Waals surface area (Å²) < 4.78 is 16.8. The van der Waals surface area contributed by atoms with Crippen LogP contribution in [0.5, 0.6) is 17.2 Å². The summed E-state index contributed by atoms with van der Waals surface area (Å²) in [7, 11) is 0. The third-order valence-corrected chi connectivity index (χ3v) is 5.44. The summed E-state index contributed by atoms with van der Waals surface area (Å²) in [5, 5.41) is 2.42. The summed E-state index contributed by atoms with van der Waals surface area (Å²) in [5.74, 6) is 2.63.